The van der Waals surface area contributed by atoms with Gasteiger partial charge in [-0.2, -0.15) is 0 Å². The van der Waals surface area contributed by atoms with Crippen LogP contribution in [-0.2, 0) is 19.5 Å². The minimum atomic E-state index is -0.161. The van der Waals surface area contributed by atoms with Crippen molar-refractivity contribution in [3.8, 4) is 0 Å². The van der Waals surface area contributed by atoms with Crippen LogP contribution in [0, 0.1) is 6.92 Å². The van der Waals surface area contributed by atoms with Crippen molar-refractivity contribution in [3.63, 3.8) is 0 Å². The number of aromatic nitrogens is 1. The predicted octanol–water partition coefficient (Wildman–Crippen LogP) is 2.22. The van der Waals surface area contributed by atoms with Gasteiger partial charge in [-0.3, -0.25) is 4.79 Å². The summed E-state index contributed by atoms with van der Waals surface area (Å²) in [5.74, 6) is -0.161. The van der Waals surface area contributed by atoms with Crippen LogP contribution in [0.2, 0.25) is 0 Å². The van der Waals surface area contributed by atoms with Crippen LogP contribution in [0.3, 0.4) is 0 Å². The van der Waals surface area contributed by atoms with E-state index in [2.05, 4.69) is 40.7 Å². The fraction of sp³-hybridized carbons (Fsp3) is 0.278. The Labute approximate surface area is 139 Å². The molecule has 3 heterocycles. The monoisotopic (exact) mass is 322 g/mol. The summed E-state index contributed by atoms with van der Waals surface area (Å²) in [4.78, 5) is 30.0. The molecule has 0 saturated carbocycles. The number of fused-ring (bicyclic) bond motifs is 2. The smallest absolute Gasteiger partial charge is 0.322 e. The summed E-state index contributed by atoms with van der Waals surface area (Å²) in [5, 5.41) is 5.60. The second-order valence-electron chi connectivity index (χ2n) is 6.29. The summed E-state index contributed by atoms with van der Waals surface area (Å²) >= 11 is 0. The predicted molar refractivity (Wildman–Crippen MR) is 89.7 cm³/mol. The van der Waals surface area contributed by atoms with E-state index in [1.165, 1.54) is 22.9 Å². The van der Waals surface area contributed by atoms with Gasteiger partial charge >= 0.3 is 6.03 Å². The number of nitrogens with one attached hydrogen (secondary N) is 2. The molecule has 0 atom stereocenters. The molecule has 2 N–H and O–H groups in total. The maximum atomic E-state index is 12.5. The van der Waals surface area contributed by atoms with Crippen molar-refractivity contribution in [2.75, 3.05) is 11.9 Å². The lowest BCUT2D eigenvalue weighted by Gasteiger charge is -2.29. The van der Waals surface area contributed by atoms with Crippen molar-refractivity contribution in [2.24, 2.45) is 0 Å². The Balaban J connectivity index is 1.47. The highest BCUT2D eigenvalue weighted by Crippen LogP contribution is 2.22. The number of hydrogen-bond acceptors (Lipinski definition) is 3. The molecule has 24 heavy (non-hydrogen) atoms. The number of aryl methyl sites for hydroxylation is 1. The van der Waals surface area contributed by atoms with Gasteiger partial charge in [-0.25, -0.2) is 9.78 Å². The van der Waals surface area contributed by atoms with Crippen molar-refractivity contribution in [1.82, 2.24) is 15.2 Å². The molecule has 4 rings (SSSR count). The number of pyridine rings is 1. The fourth-order valence-electron chi connectivity index (χ4n) is 3.23. The zero-order valence-electron chi connectivity index (χ0n) is 13.4. The van der Waals surface area contributed by atoms with E-state index in [1.54, 1.807) is 11.0 Å². The molecule has 0 saturated heterocycles. The van der Waals surface area contributed by atoms with Gasteiger partial charge in [-0.15, -0.1) is 0 Å². The average Bonchev–Trinajstić information content (AvgIpc) is 2.95. The highest BCUT2D eigenvalue weighted by atomic mass is 16.2. The number of hydrogen-bond donors (Lipinski definition) is 2. The van der Waals surface area contributed by atoms with Crippen LogP contribution in [0.5, 0.6) is 0 Å². The molecule has 0 bridgehead atoms. The topological polar surface area (TPSA) is 74.3 Å². The number of anilines is 1. The van der Waals surface area contributed by atoms with Crippen LogP contribution in [0.25, 0.3) is 0 Å². The van der Waals surface area contributed by atoms with E-state index in [4.69, 9.17) is 0 Å². The highest BCUT2D eigenvalue weighted by molar-refractivity contribution is 5.97. The summed E-state index contributed by atoms with van der Waals surface area (Å²) in [5.41, 5.74) is 5.64. The van der Waals surface area contributed by atoms with Crippen LogP contribution in [0.1, 0.15) is 32.7 Å². The van der Waals surface area contributed by atoms with Crippen molar-refractivity contribution < 1.29 is 9.59 Å². The molecule has 1 aromatic carbocycles. The number of amides is 3. The molecule has 2 aromatic rings. The first kappa shape index (κ1) is 14.7. The zero-order chi connectivity index (χ0) is 16.7. The van der Waals surface area contributed by atoms with Gasteiger partial charge in [0.05, 0.1) is 11.9 Å². The molecule has 0 radical (unpaired) electrons. The van der Waals surface area contributed by atoms with Crippen LogP contribution in [-0.4, -0.2) is 28.4 Å². The first-order valence-corrected chi connectivity index (χ1v) is 8.01. The molecular formula is C18H18N4O2. The summed E-state index contributed by atoms with van der Waals surface area (Å²) < 4.78 is 0. The van der Waals surface area contributed by atoms with E-state index in [-0.39, 0.29) is 11.9 Å². The van der Waals surface area contributed by atoms with Crippen molar-refractivity contribution in [3.05, 3.63) is 58.4 Å². The van der Waals surface area contributed by atoms with Crippen molar-refractivity contribution >= 4 is 17.6 Å². The molecule has 0 spiro atoms. The number of benzene rings is 1. The van der Waals surface area contributed by atoms with Crippen LogP contribution in [0.15, 0.2) is 30.5 Å². The molecule has 0 unspecified atom stereocenters. The second kappa shape index (κ2) is 5.63. The molecule has 0 aliphatic carbocycles. The molecule has 1 aromatic heterocycles. The summed E-state index contributed by atoms with van der Waals surface area (Å²) in [7, 11) is 0. The molecule has 2 aliphatic heterocycles. The molecule has 3 amide bonds. The van der Waals surface area contributed by atoms with E-state index in [1.807, 2.05) is 0 Å². The first-order valence-electron chi connectivity index (χ1n) is 8.01. The SMILES string of the molecule is Cc1ccc2c(c1)CCN(C(=O)Nc1cnc3c(c1)CNC3=O)C2. The summed E-state index contributed by atoms with van der Waals surface area (Å²) in [6.07, 6.45) is 2.40. The number of urea groups is 1. The Hall–Kier alpha value is -2.89. The van der Waals surface area contributed by atoms with Crippen molar-refractivity contribution in [2.45, 2.75) is 26.4 Å². The van der Waals surface area contributed by atoms with Crippen LogP contribution < -0.4 is 10.6 Å². The largest absolute Gasteiger partial charge is 0.347 e. The van der Waals surface area contributed by atoms with Gasteiger partial charge in [0, 0.05) is 25.2 Å². The van der Waals surface area contributed by atoms with Gasteiger partial charge in [0.25, 0.3) is 5.91 Å². The quantitative estimate of drug-likeness (QED) is 0.845. The number of carbonyl (C=O) groups excluding carboxylic acids is 2. The van der Waals surface area contributed by atoms with Gasteiger partial charge in [0.15, 0.2) is 0 Å². The standard InChI is InChI=1S/C18H18N4O2/c1-11-2-3-13-10-22(5-4-12(13)6-11)18(24)21-15-7-14-8-20-17(23)16(14)19-9-15/h2-3,6-7,9H,4-5,8,10H2,1H3,(H,20,23)(H,21,24). The van der Waals surface area contributed by atoms with Crippen molar-refractivity contribution in [1.29, 1.82) is 0 Å². The zero-order valence-corrected chi connectivity index (χ0v) is 13.4. The third-order valence-corrected chi connectivity index (χ3v) is 4.53. The lowest BCUT2D eigenvalue weighted by Crippen LogP contribution is -2.38. The van der Waals surface area contributed by atoms with Crippen LogP contribution >= 0.6 is 0 Å². The van der Waals surface area contributed by atoms with Gasteiger partial charge < -0.3 is 15.5 Å². The molecular weight excluding hydrogens is 304 g/mol. The maximum Gasteiger partial charge on any atom is 0.322 e. The molecule has 122 valence electrons. The third-order valence-electron chi connectivity index (χ3n) is 4.53. The maximum absolute atomic E-state index is 12.5. The van der Waals surface area contributed by atoms with Gasteiger partial charge in [-0.05, 0) is 30.5 Å². The first-order chi connectivity index (χ1) is 11.6. The van der Waals surface area contributed by atoms with Gasteiger partial charge in [0.1, 0.15) is 5.69 Å². The average molecular weight is 322 g/mol. The number of rotatable bonds is 1. The fourth-order valence-corrected chi connectivity index (χ4v) is 3.23. The summed E-state index contributed by atoms with van der Waals surface area (Å²) in [6, 6.07) is 8.03. The Bertz CT molecular complexity index is 847. The Morgan fingerprint density at radius 2 is 2.12 bits per heavy atom. The van der Waals surface area contributed by atoms with Gasteiger partial charge in [0.2, 0.25) is 0 Å². The Kier molecular flexibility index (Phi) is 3.45. The van der Waals surface area contributed by atoms with E-state index in [0.29, 0.717) is 31.0 Å². The lowest BCUT2D eigenvalue weighted by atomic mass is 9.98. The van der Waals surface area contributed by atoms with E-state index in [9.17, 15) is 9.59 Å². The molecule has 6 nitrogen and oxygen atoms in total. The number of nitrogens with zero attached hydrogens (tertiary/aromatic N) is 2. The second-order valence-corrected chi connectivity index (χ2v) is 6.29. The van der Waals surface area contributed by atoms with E-state index < -0.39 is 0 Å². The van der Waals surface area contributed by atoms with E-state index >= 15 is 0 Å². The van der Waals surface area contributed by atoms with Crippen LogP contribution in [0.4, 0.5) is 10.5 Å². The Morgan fingerprint density at radius 1 is 1.25 bits per heavy atom. The normalized spacial score (nSPS) is 15.5. The number of carbonyl (C=O) groups is 2. The molecule has 2 aliphatic rings. The minimum absolute atomic E-state index is 0.139. The minimum Gasteiger partial charge on any atom is -0.347 e. The highest BCUT2D eigenvalue weighted by Gasteiger charge is 2.23. The van der Waals surface area contributed by atoms with Gasteiger partial charge in [-0.1, -0.05) is 23.8 Å². The summed E-state index contributed by atoms with van der Waals surface area (Å²) in [6.45, 7) is 3.85. The Morgan fingerprint density at radius 3 is 3.00 bits per heavy atom. The molecule has 6 heteroatoms. The molecule has 0 fully saturated rings. The van der Waals surface area contributed by atoms with E-state index in [0.717, 1.165) is 12.0 Å². The lowest BCUT2D eigenvalue weighted by molar-refractivity contribution is 0.0961. The third kappa shape index (κ3) is 2.60.